The molecule has 2 unspecified atom stereocenters. The minimum atomic E-state index is -4.94. The van der Waals surface area contributed by atoms with E-state index in [1.807, 2.05) is 0 Å². The van der Waals surface area contributed by atoms with Gasteiger partial charge in [-0.25, -0.2) is 19.1 Å². The van der Waals surface area contributed by atoms with Crippen LogP contribution < -0.4 is 5.69 Å². The van der Waals surface area contributed by atoms with Crippen molar-refractivity contribution < 1.29 is 23.4 Å². The maximum Gasteiger partial charge on any atom is 0.416 e. The van der Waals surface area contributed by atoms with Crippen molar-refractivity contribution in [1.29, 1.82) is 0 Å². The Hall–Kier alpha value is -3.19. The zero-order valence-corrected chi connectivity index (χ0v) is 20.1. The third-order valence-electron chi connectivity index (χ3n) is 5.18. The van der Waals surface area contributed by atoms with Crippen LogP contribution in [0.25, 0.3) is 17.1 Å². The van der Waals surface area contributed by atoms with Crippen molar-refractivity contribution in [2.45, 2.75) is 38.4 Å². The number of hydrogen-bond acceptors (Lipinski definition) is 6. The Balaban J connectivity index is 1.78. The quantitative estimate of drug-likeness (QED) is 0.369. The van der Waals surface area contributed by atoms with Crippen LogP contribution in [0.1, 0.15) is 24.7 Å². The summed E-state index contributed by atoms with van der Waals surface area (Å²) in [4.78, 5) is 17.3. The second kappa shape index (κ2) is 10.1. The maximum atomic E-state index is 13.1. The van der Waals surface area contributed by atoms with Gasteiger partial charge in [0.1, 0.15) is 12.6 Å². The molecular weight excluding hydrogens is 524 g/mol. The fraction of sp³-hybridized carbons (Fsp3) is 0.273. The molecule has 2 N–H and O–H groups in total. The normalized spacial score (nSPS) is 13.7. The van der Waals surface area contributed by atoms with Gasteiger partial charge in [0.15, 0.2) is 23.6 Å². The molecule has 0 aliphatic carbocycles. The first-order valence-corrected chi connectivity index (χ1v) is 11.3. The van der Waals surface area contributed by atoms with Crippen LogP contribution in [0.15, 0.2) is 53.3 Å². The second-order valence-corrected chi connectivity index (χ2v) is 8.71. The summed E-state index contributed by atoms with van der Waals surface area (Å²) >= 11 is 12.2. The number of rotatable bonds is 7. The summed E-state index contributed by atoms with van der Waals surface area (Å²) < 4.78 is 42.1. The zero-order chi connectivity index (χ0) is 26.2. The summed E-state index contributed by atoms with van der Waals surface area (Å²) in [7, 11) is 0. The Kier molecular flexibility index (Phi) is 7.23. The van der Waals surface area contributed by atoms with E-state index in [-0.39, 0.29) is 24.0 Å². The minimum absolute atomic E-state index is 0.0524. The molecule has 0 bridgehead atoms. The molecule has 0 aliphatic rings. The van der Waals surface area contributed by atoms with Crippen molar-refractivity contribution in [3.8, 4) is 17.1 Å². The fourth-order valence-corrected chi connectivity index (χ4v) is 3.78. The number of para-hydroxylation sites is 1. The van der Waals surface area contributed by atoms with Gasteiger partial charge >= 0.3 is 11.9 Å². The van der Waals surface area contributed by atoms with Crippen LogP contribution in [-0.4, -0.2) is 51.6 Å². The monoisotopic (exact) mass is 542 g/mol. The Bertz CT molecular complexity index is 1430. The third kappa shape index (κ3) is 5.31. The van der Waals surface area contributed by atoms with E-state index in [9.17, 15) is 28.2 Å². The van der Waals surface area contributed by atoms with Crippen LogP contribution in [0, 0.1) is 0 Å². The van der Waals surface area contributed by atoms with Crippen LogP contribution in [0.5, 0.6) is 0 Å². The van der Waals surface area contributed by atoms with Crippen LogP contribution >= 0.6 is 23.2 Å². The largest absolute Gasteiger partial charge is 0.416 e. The molecule has 14 heteroatoms. The van der Waals surface area contributed by atoms with E-state index < -0.39 is 30.6 Å². The Labute approximate surface area is 212 Å². The number of aliphatic hydroxyl groups is 2. The van der Waals surface area contributed by atoms with Gasteiger partial charge in [-0.05, 0) is 43.3 Å². The molecule has 36 heavy (non-hydrogen) atoms. The summed E-state index contributed by atoms with van der Waals surface area (Å²) in [5, 5.41) is 29.0. The summed E-state index contributed by atoms with van der Waals surface area (Å²) in [6.07, 6.45) is -8.79. The van der Waals surface area contributed by atoms with Crippen LogP contribution in [0.3, 0.4) is 0 Å². The van der Waals surface area contributed by atoms with E-state index in [1.165, 1.54) is 35.9 Å². The van der Waals surface area contributed by atoms with Gasteiger partial charge in [-0.2, -0.15) is 13.2 Å². The first kappa shape index (κ1) is 25.9. The Morgan fingerprint density at radius 1 is 1.03 bits per heavy atom. The van der Waals surface area contributed by atoms with Crippen molar-refractivity contribution in [1.82, 2.24) is 29.1 Å². The van der Waals surface area contributed by atoms with Crippen molar-refractivity contribution in [3.63, 3.8) is 0 Å². The molecule has 0 spiro atoms. The van der Waals surface area contributed by atoms with Crippen molar-refractivity contribution >= 4 is 23.2 Å². The molecule has 2 aromatic carbocycles. The Morgan fingerprint density at radius 2 is 1.69 bits per heavy atom. The van der Waals surface area contributed by atoms with Crippen LogP contribution in [0.2, 0.25) is 10.0 Å². The van der Waals surface area contributed by atoms with Gasteiger partial charge in [-0.15, -0.1) is 10.2 Å². The zero-order valence-electron chi connectivity index (χ0n) is 18.6. The molecule has 0 radical (unpaired) electrons. The van der Waals surface area contributed by atoms with Gasteiger partial charge in [0.05, 0.1) is 17.3 Å². The van der Waals surface area contributed by atoms with Crippen molar-refractivity contribution in [2.24, 2.45) is 0 Å². The molecule has 190 valence electrons. The topological polar surface area (TPSA) is 111 Å². The summed E-state index contributed by atoms with van der Waals surface area (Å²) in [6.45, 7) is 0.0750. The molecule has 0 saturated carbocycles. The average molecular weight is 543 g/mol. The van der Waals surface area contributed by atoms with Gasteiger partial charge in [0, 0.05) is 10.6 Å². The molecule has 2 aromatic heterocycles. The lowest BCUT2D eigenvalue weighted by atomic mass is 10.2. The molecule has 9 nitrogen and oxygen atoms in total. The molecule has 4 rings (SSSR count). The highest BCUT2D eigenvalue weighted by molar-refractivity contribution is 6.32. The van der Waals surface area contributed by atoms with Crippen LogP contribution in [-0.2, 0) is 13.1 Å². The van der Waals surface area contributed by atoms with Crippen LogP contribution in [0.4, 0.5) is 13.2 Å². The van der Waals surface area contributed by atoms with Crippen molar-refractivity contribution in [3.05, 3.63) is 80.7 Å². The minimum Gasteiger partial charge on any atom is -0.385 e. The molecular formula is C22H19Cl2F3N6O3. The smallest absolute Gasteiger partial charge is 0.385 e. The number of benzene rings is 2. The van der Waals surface area contributed by atoms with Crippen molar-refractivity contribution in [2.75, 3.05) is 0 Å². The number of hydrogen-bond donors (Lipinski definition) is 2. The predicted molar refractivity (Wildman–Crippen MR) is 125 cm³/mol. The fourth-order valence-electron chi connectivity index (χ4n) is 3.44. The summed E-state index contributed by atoms with van der Waals surface area (Å²) in [5.74, 6) is 0.0776. The number of halogens is 5. The SMILES string of the molecule is CC(O)c1nc(Cn2nc(-c3ccc(Cl)cc3)n(CC(O)C(F)(F)F)c2=O)nn1-c1ccccc1Cl. The van der Waals surface area contributed by atoms with E-state index in [1.54, 1.807) is 24.3 Å². The maximum absolute atomic E-state index is 13.1. The van der Waals surface area contributed by atoms with E-state index in [2.05, 4.69) is 15.2 Å². The van der Waals surface area contributed by atoms with E-state index in [0.29, 0.717) is 21.3 Å². The lowest BCUT2D eigenvalue weighted by molar-refractivity contribution is -0.207. The number of alkyl halides is 3. The van der Waals surface area contributed by atoms with E-state index in [4.69, 9.17) is 23.2 Å². The number of aromatic nitrogens is 6. The van der Waals surface area contributed by atoms with Gasteiger partial charge in [-0.3, -0.25) is 4.57 Å². The molecule has 0 saturated heterocycles. The lowest BCUT2D eigenvalue weighted by Gasteiger charge is -2.15. The van der Waals surface area contributed by atoms with Gasteiger partial charge < -0.3 is 10.2 Å². The molecule has 4 aromatic rings. The average Bonchev–Trinajstić information content (AvgIpc) is 3.36. The molecule has 0 fully saturated rings. The highest BCUT2D eigenvalue weighted by atomic mass is 35.5. The molecule has 0 aliphatic heterocycles. The van der Waals surface area contributed by atoms with Gasteiger partial charge in [0.25, 0.3) is 0 Å². The molecule has 2 atom stereocenters. The van der Waals surface area contributed by atoms with Gasteiger partial charge in [0.2, 0.25) is 0 Å². The first-order valence-electron chi connectivity index (χ1n) is 10.5. The standard InChI is InChI=1S/C22H19Cl2F3N6O3/c1-12(34)19-28-18(29-33(19)16-5-3-2-4-15(16)24)11-32-21(36)31(10-17(35)22(25,26)27)20(30-32)13-6-8-14(23)9-7-13/h2-9,12,17,34-35H,10-11H2,1H3. The van der Waals surface area contributed by atoms with E-state index in [0.717, 1.165) is 9.25 Å². The Morgan fingerprint density at radius 3 is 2.31 bits per heavy atom. The molecule has 2 heterocycles. The second-order valence-electron chi connectivity index (χ2n) is 7.86. The summed E-state index contributed by atoms with van der Waals surface area (Å²) in [6, 6.07) is 12.7. The predicted octanol–water partition coefficient (Wildman–Crippen LogP) is 3.62. The highest BCUT2D eigenvalue weighted by Gasteiger charge is 2.39. The number of nitrogens with zero attached hydrogens (tertiary/aromatic N) is 6. The van der Waals surface area contributed by atoms with Gasteiger partial charge in [-0.1, -0.05) is 35.3 Å². The van der Waals surface area contributed by atoms with E-state index >= 15 is 0 Å². The lowest BCUT2D eigenvalue weighted by Crippen LogP contribution is -2.37. The summed E-state index contributed by atoms with van der Waals surface area (Å²) in [5.41, 5.74) is -0.179. The number of aliphatic hydroxyl groups excluding tert-OH is 2. The first-order chi connectivity index (χ1) is 17.0. The molecule has 0 amide bonds. The third-order valence-corrected chi connectivity index (χ3v) is 5.75. The highest BCUT2D eigenvalue weighted by Crippen LogP contribution is 2.25.